The Kier molecular flexibility index (Phi) is 3.87. The molecule has 0 radical (unpaired) electrons. The number of hydrogen-bond acceptors (Lipinski definition) is 4. The van der Waals surface area contributed by atoms with Crippen molar-refractivity contribution in [1.29, 1.82) is 0 Å². The van der Waals surface area contributed by atoms with Crippen molar-refractivity contribution in [3.05, 3.63) is 0 Å². The average molecular weight is 258 g/mol. The van der Waals surface area contributed by atoms with Crippen molar-refractivity contribution in [2.24, 2.45) is 5.41 Å². The van der Waals surface area contributed by atoms with Gasteiger partial charge in [0.15, 0.2) is 0 Å². The fourth-order valence-corrected chi connectivity index (χ4v) is 2.39. The van der Waals surface area contributed by atoms with Gasteiger partial charge in [0.1, 0.15) is 0 Å². The van der Waals surface area contributed by atoms with Crippen LogP contribution in [0, 0.1) is 5.41 Å². The maximum atomic E-state index is 11.6. The fraction of sp³-hybridized carbons (Fsp3) is 0.833. The van der Waals surface area contributed by atoms with Crippen LogP contribution in [0.15, 0.2) is 0 Å². The Morgan fingerprint density at radius 3 is 1.94 bits per heavy atom. The van der Waals surface area contributed by atoms with E-state index in [4.69, 9.17) is 14.6 Å². The lowest BCUT2D eigenvalue weighted by atomic mass is 9.75. The molecule has 2 N–H and O–H groups in total. The van der Waals surface area contributed by atoms with Crippen LogP contribution >= 0.6 is 0 Å². The molecule has 102 valence electrons. The van der Waals surface area contributed by atoms with Gasteiger partial charge in [0.2, 0.25) is 0 Å². The molecule has 0 aromatic rings. The molecule has 2 fully saturated rings. The highest BCUT2D eigenvalue weighted by molar-refractivity contribution is 5.75. The Morgan fingerprint density at radius 2 is 1.61 bits per heavy atom. The number of aliphatic carboxylic acids is 2. The lowest BCUT2D eigenvalue weighted by Gasteiger charge is -2.28. The van der Waals surface area contributed by atoms with Gasteiger partial charge in [-0.2, -0.15) is 0 Å². The second kappa shape index (κ2) is 5.24. The van der Waals surface area contributed by atoms with Crippen molar-refractivity contribution < 1.29 is 29.3 Å². The first-order chi connectivity index (χ1) is 8.52. The lowest BCUT2D eigenvalue weighted by molar-refractivity contribution is -0.152. The van der Waals surface area contributed by atoms with Crippen molar-refractivity contribution in [2.45, 2.75) is 44.3 Å². The van der Waals surface area contributed by atoms with Crippen molar-refractivity contribution in [1.82, 2.24) is 0 Å². The highest BCUT2D eigenvalue weighted by Crippen LogP contribution is 2.41. The van der Waals surface area contributed by atoms with Gasteiger partial charge < -0.3 is 19.7 Å². The normalized spacial score (nSPS) is 28.4. The molecule has 0 spiro atoms. The van der Waals surface area contributed by atoms with Crippen molar-refractivity contribution in [3.63, 3.8) is 0 Å². The molecule has 0 aliphatic carbocycles. The zero-order valence-electron chi connectivity index (χ0n) is 10.1. The van der Waals surface area contributed by atoms with Crippen molar-refractivity contribution >= 4 is 11.9 Å². The maximum Gasteiger partial charge on any atom is 0.309 e. The molecule has 18 heavy (non-hydrogen) atoms. The van der Waals surface area contributed by atoms with Crippen LogP contribution in [0.1, 0.15) is 32.1 Å². The number of epoxide rings is 2. The summed E-state index contributed by atoms with van der Waals surface area (Å²) in [5.74, 6) is -1.75. The molecule has 2 unspecified atom stereocenters. The third-order valence-corrected chi connectivity index (χ3v) is 3.54. The van der Waals surface area contributed by atoms with E-state index in [1.165, 1.54) is 0 Å². The predicted molar refractivity (Wildman–Crippen MR) is 60.3 cm³/mol. The molecule has 2 saturated heterocycles. The van der Waals surface area contributed by atoms with Crippen LogP contribution in [0.3, 0.4) is 0 Å². The van der Waals surface area contributed by atoms with Crippen LogP contribution in [0.2, 0.25) is 0 Å². The summed E-state index contributed by atoms with van der Waals surface area (Å²) in [7, 11) is 0. The first-order valence-electron chi connectivity index (χ1n) is 6.20. The van der Waals surface area contributed by atoms with E-state index in [1.54, 1.807) is 0 Å². The minimum absolute atomic E-state index is 0.00603. The predicted octanol–water partition coefficient (Wildman–Crippen LogP) is 0.890. The van der Waals surface area contributed by atoms with Crippen LogP contribution in [0.5, 0.6) is 0 Å². The molecule has 6 heteroatoms. The van der Waals surface area contributed by atoms with Crippen molar-refractivity contribution in [3.8, 4) is 0 Å². The van der Waals surface area contributed by atoms with Crippen LogP contribution in [0.4, 0.5) is 0 Å². The summed E-state index contributed by atoms with van der Waals surface area (Å²) in [5, 5.41) is 18.1. The largest absolute Gasteiger partial charge is 0.481 e. The zero-order chi connectivity index (χ0) is 13.2. The Labute approximate surface area is 105 Å². The molecule has 0 aromatic heterocycles. The molecule has 2 aliphatic heterocycles. The Balaban J connectivity index is 1.96. The van der Waals surface area contributed by atoms with E-state index < -0.39 is 17.4 Å². The number of rotatable bonds is 9. The standard InChI is InChI=1S/C12H18O6/c13-10(14)2-1-3-12(11(15)16,4-8-6-17-8)5-9-7-18-9/h8-9H,1-7H2,(H,13,14)(H,15,16). The smallest absolute Gasteiger partial charge is 0.309 e. The average Bonchev–Trinajstić information content (AvgIpc) is 3.12. The molecule has 2 aliphatic rings. The lowest BCUT2D eigenvalue weighted by Crippen LogP contribution is -2.34. The first kappa shape index (κ1) is 13.3. The second-order valence-corrected chi connectivity index (χ2v) is 5.15. The van der Waals surface area contributed by atoms with E-state index in [1.807, 2.05) is 0 Å². The topological polar surface area (TPSA) is 99.7 Å². The Morgan fingerprint density at radius 1 is 1.11 bits per heavy atom. The van der Waals surface area contributed by atoms with E-state index in [0.29, 0.717) is 38.9 Å². The van der Waals surface area contributed by atoms with Crippen LogP contribution < -0.4 is 0 Å². The molecule has 0 saturated carbocycles. The molecule has 2 atom stereocenters. The monoisotopic (exact) mass is 258 g/mol. The van der Waals surface area contributed by atoms with Crippen molar-refractivity contribution in [2.75, 3.05) is 13.2 Å². The summed E-state index contributed by atoms with van der Waals surface area (Å²) in [6.45, 7) is 1.22. The van der Waals surface area contributed by atoms with Gasteiger partial charge in [-0.3, -0.25) is 9.59 Å². The summed E-state index contributed by atoms with van der Waals surface area (Å²) in [5.41, 5.74) is -0.891. The van der Waals surface area contributed by atoms with Gasteiger partial charge in [0.05, 0.1) is 30.8 Å². The molecule has 0 aromatic carbocycles. The van der Waals surface area contributed by atoms with E-state index in [-0.39, 0.29) is 18.6 Å². The molecule has 0 bridgehead atoms. The number of hydrogen-bond donors (Lipinski definition) is 2. The van der Waals surface area contributed by atoms with Gasteiger partial charge in [-0.05, 0) is 25.7 Å². The highest BCUT2D eigenvalue weighted by atomic mass is 16.6. The van der Waals surface area contributed by atoms with Gasteiger partial charge in [0, 0.05) is 6.42 Å². The third-order valence-electron chi connectivity index (χ3n) is 3.54. The first-order valence-corrected chi connectivity index (χ1v) is 6.20. The number of carboxylic acids is 2. The fourth-order valence-electron chi connectivity index (χ4n) is 2.39. The minimum atomic E-state index is -0.891. The molecular formula is C12H18O6. The summed E-state index contributed by atoms with van der Waals surface area (Å²) < 4.78 is 10.2. The van der Waals surface area contributed by atoms with Gasteiger partial charge in [0.25, 0.3) is 0 Å². The molecule has 6 nitrogen and oxygen atoms in total. The van der Waals surface area contributed by atoms with E-state index in [0.717, 1.165) is 0 Å². The SMILES string of the molecule is O=C(O)CCCC(CC1CO1)(CC1CO1)C(=O)O. The summed E-state index contributed by atoms with van der Waals surface area (Å²) in [4.78, 5) is 22.1. The summed E-state index contributed by atoms with van der Waals surface area (Å²) >= 11 is 0. The van der Waals surface area contributed by atoms with Gasteiger partial charge in [-0.25, -0.2) is 0 Å². The minimum Gasteiger partial charge on any atom is -0.481 e. The quantitative estimate of drug-likeness (QED) is 0.596. The molecular weight excluding hydrogens is 240 g/mol. The summed E-state index contributed by atoms with van der Waals surface area (Å²) in [6, 6.07) is 0. The highest BCUT2D eigenvalue weighted by Gasteiger charge is 2.47. The molecule has 0 amide bonds. The van der Waals surface area contributed by atoms with Gasteiger partial charge in [-0.1, -0.05) is 0 Å². The number of carbonyl (C=O) groups is 2. The number of carboxylic acid groups (broad SMARTS) is 2. The van der Waals surface area contributed by atoms with E-state index in [9.17, 15) is 14.7 Å². The van der Waals surface area contributed by atoms with Crippen LogP contribution in [-0.4, -0.2) is 47.6 Å². The summed E-state index contributed by atoms with van der Waals surface area (Å²) in [6.07, 6.45) is 1.71. The van der Waals surface area contributed by atoms with Gasteiger partial charge >= 0.3 is 11.9 Å². The Bertz CT molecular complexity index is 317. The van der Waals surface area contributed by atoms with Gasteiger partial charge in [-0.15, -0.1) is 0 Å². The van der Waals surface area contributed by atoms with Crippen LogP contribution in [0.25, 0.3) is 0 Å². The maximum absolute atomic E-state index is 11.6. The van der Waals surface area contributed by atoms with E-state index in [2.05, 4.69) is 0 Å². The Hall–Kier alpha value is -1.14. The number of ether oxygens (including phenoxy) is 2. The van der Waals surface area contributed by atoms with E-state index >= 15 is 0 Å². The zero-order valence-corrected chi connectivity index (χ0v) is 10.1. The molecule has 2 heterocycles. The molecule has 2 rings (SSSR count). The third kappa shape index (κ3) is 3.68. The van der Waals surface area contributed by atoms with Crippen LogP contribution in [-0.2, 0) is 19.1 Å². The second-order valence-electron chi connectivity index (χ2n) is 5.15.